The average Bonchev–Trinajstić information content (AvgIpc) is 1.54. The zero-order valence-corrected chi connectivity index (χ0v) is 7.48. The van der Waals surface area contributed by atoms with E-state index in [1.165, 1.54) is 0 Å². The summed E-state index contributed by atoms with van der Waals surface area (Å²) in [6.07, 6.45) is 0. The fourth-order valence-electron chi connectivity index (χ4n) is 0. The third kappa shape index (κ3) is 674. The third-order valence-electron chi connectivity index (χ3n) is 0. The zero-order valence-electron chi connectivity index (χ0n) is 5.45. The fourth-order valence-corrected chi connectivity index (χ4v) is 0. The van der Waals surface area contributed by atoms with Gasteiger partial charge in [0, 0.05) is 38.2 Å². The molecule has 0 heterocycles. The van der Waals surface area contributed by atoms with E-state index < -0.39 is 15.3 Å². The van der Waals surface area contributed by atoms with Crippen molar-refractivity contribution >= 4 is 0 Å². The molecule has 13 heavy (non-hydrogen) atoms. The van der Waals surface area contributed by atoms with Crippen LogP contribution < -0.4 is 0 Å². The second kappa shape index (κ2) is 17.1. The summed E-state index contributed by atoms with van der Waals surface area (Å²) in [6.45, 7) is 0. The van der Waals surface area contributed by atoms with E-state index in [0.29, 0.717) is 0 Å². The number of hydrogen-bond donors (Lipinski definition) is 3. The molecule has 82 valence electrons. The Balaban J connectivity index is -0.0000000450. The summed E-state index contributed by atoms with van der Waals surface area (Å²) in [5, 5.41) is 40.9. The Bertz CT molecular complexity index is 112. The van der Waals surface area contributed by atoms with Gasteiger partial charge >= 0.3 is 0 Å². The topological polar surface area (TPSA) is 190 Å². The van der Waals surface area contributed by atoms with Crippen LogP contribution in [0, 0.1) is 68.5 Å². The Morgan fingerprint density at radius 1 is 0.692 bits per heavy atom. The molecule has 0 spiro atoms. The Morgan fingerprint density at radius 2 is 0.692 bits per heavy atom. The first-order valence-corrected chi connectivity index (χ1v) is 1.70. The molecule has 0 atom stereocenters. The van der Waals surface area contributed by atoms with Crippen LogP contribution in [0.15, 0.2) is 0 Å². The van der Waals surface area contributed by atoms with E-state index in [1.807, 2.05) is 0 Å². The minimum atomic E-state index is -1.50. The van der Waals surface area contributed by atoms with Crippen molar-refractivity contribution in [3.05, 3.63) is 30.3 Å². The van der Waals surface area contributed by atoms with Gasteiger partial charge in [0.1, 0.15) is 0 Å². The molecule has 0 fully saturated rings. The summed E-state index contributed by atoms with van der Waals surface area (Å²) in [4.78, 5) is 25.1. The van der Waals surface area contributed by atoms with Gasteiger partial charge in [-0.2, -0.15) is 0 Å². The van der Waals surface area contributed by atoms with Crippen LogP contribution in [0.4, 0.5) is 0 Å². The second-order valence-electron chi connectivity index (χ2n) is 0.714. The van der Waals surface area contributed by atoms with Crippen molar-refractivity contribution in [3.8, 4) is 0 Å². The van der Waals surface area contributed by atoms with E-state index >= 15 is 0 Å². The monoisotopic (exact) mass is 353 g/mol. The molecule has 0 amide bonds. The molecule has 12 nitrogen and oxygen atoms in total. The quantitative estimate of drug-likeness (QED) is 0.361. The van der Waals surface area contributed by atoms with Gasteiger partial charge in [0.05, 0.1) is 0 Å². The Kier molecular flexibility index (Phi) is 29.8. The van der Waals surface area contributed by atoms with E-state index in [9.17, 15) is 0 Å². The average molecular weight is 352 g/mol. The normalized spacial score (nSPS) is 5.54. The maximum Gasteiger partial charge on any atom is 0.291 e. The van der Waals surface area contributed by atoms with Crippen molar-refractivity contribution in [3.63, 3.8) is 0 Å². The predicted molar refractivity (Wildman–Crippen MR) is 26.3 cm³/mol. The van der Waals surface area contributed by atoms with Gasteiger partial charge in [0.2, 0.25) is 0 Å². The molecule has 0 unspecified atom stereocenters. The largest absolute Gasteiger partial charge is 0.328 e. The number of rotatable bonds is 0. The van der Waals surface area contributed by atoms with Gasteiger partial charge in [-0.15, -0.1) is 30.3 Å². The maximum atomic E-state index is 8.36. The van der Waals surface area contributed by atoms with E-state index in [2.05, 4.69) is 0 Å². The second-order valence-corrected chi connectivity index (χ2v) is 0.714. The summed E-state index contributed by atoms with van der Waals surface area (Å²) in [6, 6.07) is 0. The first-order chi connectivity index (χ1) is 5.20. The van der Waals surface area contributed by atoms with Gasteiger partial charge in [0.15, 0.2) is 0 Å². The molecule has 0 aliphatic carbocycles. The van der Waals surface area contributed by atoms with Gasteiger partial charge in [-0.1, -0.05) is 0 Å². The Labute approximate surface area is 99.1 Å². The van der Waals surface area contributed by atoms with Gasteiger partial charge in [-0.3, -0.25) is 0 Å². The van der Waals surface area contributed by atoms with Crippen LogP contribution in [-0.4, -0.2) is 30.9 Å². The summed E-state index contributed by atoms with van der Waals surface area (Å²) in [5.74, 6) is 0. The first-order valence-electron chi connectivity index (χ1n) is 1.70. The van der Waals surface area contributed by atoms with Crippen LogP contribution in [0.3, 0.4) is 0 Å². The van der Waals surface area contributed by atoms with Crippen molar-refractivity contribution in [1.29, 1.82) is 0 Å². The van der Waals surface area contributed by atoms with Crippen LogP contribution in [0.5, 0.6) is 0 Å². The molecule has 0 saturated heterocycles. The van der Waals surface area contributed by atoms with Crippen LogP contribution in [0.1, 0.15) is 0 Å². The summed E-state index contributed by atoms with van der Waals surface area (Å²) >= 11 is 0. The first kappa shape index (κ1) is 22.6. The van der Waals surface area contributed by atoms with Crippen LogP contribution >= 0.6 is 0 Å². The van der Waals surface area contributed by atoms with Crippen molar-refractivity contribution < 1.29 is 69.1 Å². The molecule has 0 aromatic rings. The minimum Gasteiger partial charge on any atom is -0.328 e. The fraction of sp³-hybridized carbons (Fsp3) is 0. The molecular weight excluding hydrogens is 349 g/mol. The predicted octanol–water partition coefficient (Wildman–Crippen LogP) is -1.04. The van der Waals surface area contributed by atoms with Crippen LogP contribution in [0.25, 0.3) is 0 Å². The number of hydrogen-bond acceptors (Lipinski definition) is 6. The van der Waals surface area contributed by atoms with E-state index in [4.69, 9.17) is 46.0 Å². The van der Waals surface area contributed by atoms with Crippen molar-refractivity contribution in [2.45, 2.75) is 0 Å². The molecule has 0 saturated carbocycles. The SMILES string of the molecule is O=[N+]([O-])O.O=[N+]([O-])O.O=[N+]([O-])O.[Dy]. The van der Waals surface area contributed by atoms with Gasteiger partial charge in [-0.05, 0) is 0 Å². The summed E-state index contributed by atoms with van der Waals surface area (Å²) < 4.78 is 0. The molecule has 0 aromatic carbocycles. The van der Waals surface area contributed by atoms with E-state index in [1.54, 1.807) is 0 Å². The molecule has 0 aromatic heterocycles. The molecule has 13 heteroatoms. The van der Waals surface area contributed by atoms with Gasteiger partial charge in [-0.25, -0.2) is 0 Å². The van der Waals surface area contributed by atoms with Crippen LogP contribution in [0.2, 0.25) is 0 Å². The molecule has 0 bridgehead atoms. The Morgan fingerprint density at radius 3 is 0.692 bits per heavy atom. The molecule has 0 aliphatic rings. The Hall–Kier alpha value is -1.13. The smallest absolute Gasteiger partial charge is 0.291 e. The summed E-state index contributed by atoms with van der Waals surface area (Å²) in [5.41, 5.74) is 0. The summed E-state index contributed by atoms with van der Waals surface area (Å²) in [7, 11) is 0. The zero-order chi connectivity index (χ0) is 10.7. The standard InChI is InChI=1S/Dy.3HNO3/c;3*2-1(3)4/h;3*(H,2,3,4). The van der Waals surface area contributed by atoms with Crippen molar-refractivity contribution in [1.82, 2.24) is 0 Å². The molecule has 0 rings (SSSR count). The minimum absolute atomic E-state index is 0. The van der Waals surface area contributed by atoms with Gasteiger partial charge in [0.25, 0.3) is 15.3 Å². The van der Waals surface area contributed by atoms with E-state index in [-0.39, 0.29) is 38.2 Å². The number of nitrogens with zero attached hydrogens (tertiary/aromatic N) is 3. The third-order valence-corrected chi connectivity index (χ3v) is 0. The molecule has 3 N–H and O–H groups in total. The van der Waals surface area contributed by atoms with E-state index in [0.717, 1.165) is 0 Å². The molecule has 0 aliphatic heterocycles. The molecular formula is H3DyN3O9. The molecule has 0 radical (unpaired) electrons. The van der Waals surface area contributed by atoms with Gasteiger partial charge < -0.3 is 15.6 Å². The van der Waals surface area contributed by atoms with Crippen molar-refractivity contribution in [2.75, 3.05) is 0 Å². The van der Waals surface area contributed by atoms with Crippen molar-refractivity contribution in [2.24, 2.45) is 0 Å². The van der Waals surface area contributed by atoms with Crippen LogP contribution in [-0.2, 0) is 0 Å². The maximum absolute atomic E-state index is 8.36.